The molecule has 6 nitrogen and oxygen atoms in total. The largest absolute Gasteiger partial charge is 0.377 e. The quantitative estimate of drug-likeness (QED) is 0.444. The van der Waals surface area contributed by atoms with Gasteiger partial charge in [-0.25, -0.2) is 4.98 Å². The smallest absolute Gasteiger partial charge is 0.162 e. The second kappa shape index (κ2) is 7.96. The number of rotatable bonds is 4. The number of aryl methyl sites for hydroxylation is 1. The van der Waals surface area contributed by atoms with Crippen LogP contribution in [0.2, 0.25) is 5.02 Å². The number of morpholine rings is 1. The van der Waals surface area contributed by atoms with Gasteiger partial charge in [0.25, 0.3) is 0 Å². The maximum atomic E-state index is 12.6. The fourth-order valence-electron chi connectivity index (χ4n) is 4.39. The summed E-state index contributed by atoms with van der Waals surface area (Å²) < 4.78 is 7.92. The highest BCUT2D eigenvalue weighted by molar-refractivity contribution is 6.30. The first kappa shape index (κ1) is 20.0. The normalized spacial score (nSPS) is 16.7. The Hall–Kier alpha value is -2.93. The fourth-order valence-corrected chi connectivity index (χ4v) is 4.52. The Morgan fingerprint density at radius 2 is 1.97 bits per heavy atom. The molecular formula is C24H23ClN4O2. The van der Waals surface area contributed by atoms with E-state index in [0.29, 0.717) is 23.8 Å². The van der Waals surface area contributed by atoms with Gasteiger partial charge in [-0.15, -0.1) is 0 Å². The number of halogens is 1. The first-order valence-electron chi connectivity index (χ1n) is 10.3. The number of nitrogens with one attached hydrogen (secondary N) is 2. The van der Waals surface area contributed by atoms with Gasteiger partial charge in [-0.3, -0.25) is 10.1 Å². The SMILES string of the molecule is CC(=O)c1c(C)[nH]c(-c2nc3ccccc3n2C2COCCN2)c1-c1ccc(Cl)cc1. The van der Waals surface area contributed by atoms with Crippen molar-refractivity contribution < 1.29 is 9.53 Å². The maximum absolute atomic E-state index is 12.6. The van der Waals surface area contributed by atoms with Crippen LogP contribution >= 0.6 is 11.6 Å². The molecule has 1 saturated heterocycles. The first-order valence-corrected chi connectivity index (χ1v) is 10.7. The summed E-state index contributed by atoms with van der Waals surface area (Å²) in [6.07, 6.45) is -0.0569. The number of para-hydroxylation sites is 2. The lowest BCUT2D eigenvalue weighted by molar-refractivity contribution is 0.0552. The van der Waals surface area contributed by atoms with Gasteiger partial charge in [0.2, 0.25) is 0 Å². The number of H-pyrrole nitrogens is 1. The van der Waals surface area contributed by atoms with Crippen molar-refractivity contribution in [2.75, 3.05) is 19.8 Å². The van der Waals surface area contributed by atoms with Gasteiger partial charge in [0.15, 0.2) is 11.6 Å². The van der Waals surface area contributed by atoms with Crippen LogP contribution in [0.5, 0.6) is 0 Å². The average molecular weight is 435 g/mol. The minimum absolute atomic E-state index is 0.00624. The highest BCUT2D eigenvalue weighted by atomic mass is 35.5. The molecule has 1 unspecified atom stereocenters. The molecule has 5 rings (SSSR count). The number of carbonyl (C=O) groups excluding carboxylic acids is 1. The molecule has 0 spiro atoms. The number of hydrogen-bond donors (Lipinski definition) is 2. The number of ether oxygens (including phenoxy) is 1. The maximum Gasteiger partial charge on any atom is 0.162 e. The number of aromatic nitrogens is 3. The van der Waals surface area contributed by atoms with Crippen molar-refractivity contribution in [1.82, 2.24) is 19.9 Å². The second-order valence-electron chi connectivity index (χ2n) is 7.78. The molecule has 0 radical (unpaired) electrons. The van der Waals surface area contributed by atoms with Crippen LogP contribution in [0, 0.1) is 6.92 Å². The molecule has 31 heavy (non-hydrogen) atoms. The molecule has 158 valence electrons. The second-order valence-corrected chi connectivity index (χ2v) is 8.21. The van der Waals surface area contributed by atoms with Crippen molar-refractivity contribution in [3.63, 3.8) is 0 Å². The Morgan fingerprint density at radius 3 is 2.68 bits per heavy atom. The van der Waals surface area contributed by atoms with Crippen molar-refractivity contribution >= 4 is 28.4 Å². The van der Waals surface area contributed by atoms with E-state index in [-0.39, 0.29) is 11.9 Å². The van der Waals surface area contributed by atoms with Crippen molar-refractivity contribution in [2.24, 2.45) is 0 Å². The van der Waals surface area contributed by atoms with E-state index in [1.165, 1.54) is 0 Å². The number of fused-ring (bicyclic) bond motifs is 1. The molecule has 0 aliphatic carbocycles. The number of benzene rings is 2. The van der Waals surface area contributed by atoms with E-state index in [9.17, 15) is 4.79 Å². The summed E-state index contributed by atoms with van der Waals surface area (Å²) in [6, 6.07) is 15.6. The zero-order chi connectivity index (χ0) is 21.5. The summed E-state index contributed by atoms with van der Waals surface area (Å²) in [6.45, 7) is 5.52. The molecule has 0 saturated carbocycles. The molecule has 0 bridgehead atoms. The lowest BCUT2D eigenvalue weighted by atomic mass is 9.97. The minimum Gasteiger partial charge on any atom is -0.377 e. The number of Topliss-reactive ketones (excluding diaryl/α,β-unsaturated/α-hetero) is 1. The molecule has 4 aromatic rings. The molecule has 2 aromatic carbocycles. The van der Waals surface area contributed by atoms with Crippen LogP contribution in [-0.4, -0.2) is 40.1 Å². The van der Waals surface area contributed by atoms with E-state index in [4.69, 9.17) is 21.3 Å². The van der Waals surface area contributed by atoms with E-state index < -0.39 is 0 Å². The number of aromatic amines is 1. The van der Waals surface area contributed by atoms with Gasteiger partial charge in [0, 0.05) is 28.4 Å². The van der Waals surface area contributed by atoms with E-state index in [2.05, 4.69) is 20.9 Å². The molecule has 1 atom stereocenters. The van der Waals surface area contributed by atoms with Crippen molar-refractivity contribution in [3.8, 4) is 22.6 Å². The third-order valence-electron chi connectivity index (χ3n) is 5.71. The summed E-state index contributed by atoms with van der Waals surface area (Å²) >= 11 is 6.13. The molecule has 1 aliphatic rings. The summed E-state index contributed by atoms with van der Waals surface area (Å²) in [7, 11) is 0. The van der Waals surface area contributed by atoms with Gasteiger partial charge < -0.3 is 14.3 Å². The van der Waals surface area contributed by atoms with Crippen molar-refractivity contribution in [1.29, 1.82) is 0 Å². The van der Waals surface area contributed by atoms with Crippen LogP contribution in [0.3, 0.4) is 0 Å². The fraction of sp³-hybridized carbons (Fsp3) is 0.250. The molecule has 2 aromatic heterocycles. The van der Waals surface area contributed by atoms with E-state index in [1.807, 2.05) is 49.4 Å². The Morgan fingerprint density at radius 1 is 1.19 bits per heavy atom. The Labute approximate surface area is 185 Å². The molecule has 0 amide bonds. The minimum atomic E-state index is -0.0569. The number of imidazole rings is 1. The van der Waals surface area contributed by atoms with E-state index in [0.717, 1.165) is 45.9 Å². The highest BCUT2D eigenvalue weighted by Crippen LogP contribution is 2.39. The third kappa shape index (κ3) is 3.47. The lowest BCUT2D eigenvalue weighted by Crippen LogP contribution is -2.38. The van der Waals surface area contributed by atoms with Crippen LogP contribution in [0.15, 0.2) is 48.5 Å². The van der Waals surface area contributed by atoms with Gasteiger partial charge in [-0.1, -0.05) is 35.9 Å². The first-order chi connectivity index (χ1) is 15.0. The van der Waals surface area contributed by atoms with E-state index in [1.54, 1.807) is 6.92 Å². The number of ketones is 1. The van der Waals surface area contributed by atoms with Crippen molar-refractivity contribution in [2.45, 2.75) is 20.0 Å². The van der Waals surface area contributed by atoms with Crippen LogP contribution in [0.1, 0.15) is 29.1 Å². The number of carbonyl (C=O) groups is 1. The van der Waals surface area contributed by atoms with Crippen LogP contribution in [0.4, 0.5) is 0 Å². The summed E-state index contributed by atoms with van der Waals surface area (Å²) in [5.74, 6) is 0.775. The molecular weight excluding hydrogens is 412 g/mol. The van der Waals surface area contributed by atoms with Crippen LogP contribution < -0.4 is 5.32 Å². The van der Waals surface area contributed by atoms with Crippen molar-refractivity contribution in [3.05, 3.63) is 64.8 Å². The van der Waals surface area contributed by atoms with E-state index >= 15 is 0 Å². The van der Waals surface area contributed by atoms with Gasteiger partial charge >= 0.3 is 0 Å². The standard InChI is InChI=1S/C24H23ClN4O2/c1-14-21(15(2)30)22(16-7-9-17(25)10-8-16)23(27-14)24-28-18-5-3-4-6-19(18)29(24)20-13-31-12-11-26-20/h3-10,20,26-27H,11-13H2,1-2H3. The topological polar surface area (TPSA) is 71.9 Å². The van der Waals surface area contributed by atoms with Crippen LogP contribution in [-0.2, 0) is 4.74 Å². The summed E-state index contributed by atoms with van der Waals surface area (Å²) in [4.78, 5) is 21.1. The van der Waals surface area contributed by atoms with Crippen LogP contribution in [0.25, 0.3) is 33.7 Å². The van der Waals surface area contributed by atoms with Gasteiger partial charge in [-0.05, 0) is 43.7 Å². The molecule has 1 aliphatic heterocycles. The number of hydrogen-bond acceptors (Lipinski definition) is 4. The molecule has 2 N–H and O–H groups in total. The monoisotopic (exact) mass is 434 g/mol. The predicted octanol–water partition coefficient (Wildman–Crippen LogP) is 4.98. The highest BCUT2D eigenvalue weighted by Gasteiger charge is 2.28. The molecule has 7 heteroatoms. The number of nitrogens with zero attached hydrogens (tertiary/aromatic N) is 2. The zero-order valence-electron chi connectivity index (χ0n) is 17.4. The molecule has 3 heterocycles. The Kier molecular flexibility index (Phi) is 5.14. The predicted molar refractivity (Wildman–Crippen MR) is 123 cm³/mol. The lowest BCUT2D eigenvalue weighted by Gasteiger charge is -2.27. The van der Waals surface area contributed by atoms with Gasteiger partial charge in [-0.2, -0.15) is 0 Å². The summed E-state index contributed by atoms with van der Waals surface area (Å²) in [5, 5.41) is 4.19. The Balaban J connectivity index is 1.80. The summed E-state index contributed by atoms with van der Waals surface area (Å²) in [5.41, 5.74) is 5.97. The average Bonchev–Trinajstić information content (AvgIpc) is 3.32. The van der Waals surface area contributed by atoms with Gasteiger partial charge in [0.05, 0.1) is 29.9 Å². The molecule has 1 fully saturated rings. The van der Waals surface area contributed by atoms with Gasteiger partial charge in [0.1, 0.15) is 6.17 Å². The third-order valence-corrected chi connectivity index (χ3v) is 5.96. The Bertz CT molecular complexity index is 1270. The zero-order valence-corrected chi connectivity index (χ0v) is 18.2.